The lowest BCUT2D eigenvalue weighted by Crippen LogP contribution is -2.41. The Morgan fingerprint density at radius 3 is 2.00 bits per heavy atom. The summed E-state index contributed by atoms with van der Waals surface area (Å²) >= 11 is 0. The lowest BCUT2D eigenvalue weighted by Gasteiger charge is -2.32. The van der Waals surface area contributed by atoms with Crippen molar-refractivity contribution < 1.29 is 18.8 Å². The zero-order valence-corrected chi connectivity index (χ0v) is 15.4. The number of nitrogens with one attached hydrogen (secondary N) is 1. The van der Waals surface area contributed by atoms with E-state index in [0.29, 0.717) is 17.7 Å². The van der Waals surface area contributed by atoms with Gasteiger partial charge in [-0.05, 0) is 73.1 Å². The molecule has 2 saturated carbocycles. The Labute approximate surface area is 140 Å². The minimum atomic E-state index is -0.448. The first-order chi connectivity index (χ1) is 10.4. The molecule has 0 spiro atoms. The van der Waals surface area contributed by atoms with E-state index in [4.69, 9.17) is 14.0 Å². The van der Waals surface area contributed by atoms with Gasteiger partial charge in [0.25, 0.3) is 0 Å². The fourth-order valence-electron chi connectivity index (χ4n) is 3.93. The van der Waals surface area contributed by atoms with Crippen molar-refractivity contribution in [2.45, 2.75) is 90.0 Å². The van der Waals surface area contributed by atoms with Gasteiger partial charge in [-0.1, -0.05) is 0 Å². The maximum Gasteiger partial charge on any atom is 0.461 e. The van der Waals surface area contributed by atoms with Crippen molar-refractivity contribution in [1.29, 1.82) is 0 Å². The first-order valence-corrected chi connectivity index (χ1v) is 8.75. The number of amides is 1. The van der Waals surface area contributed by atoms with Crippen LogP contribution in [0.1, 0.15) is 61.3 Å². The van der Waals surface area contributed by atoms with Crippen LogP contribution in [0.3, 0.4) is 0 Å². The highest BCUT2D eigenvalue weighted by molar-refractivity contribution is 6.49. The predicted octanol–water partition coefficient (Wildman–Crippen LogP) is 3.38. The molecule has 1 heterocycles. The summed E-state index contributed by atoms with van der Waals surface area (Å²) in [6.07, 6.45) is 1.69. The Balaban J connectivity index is 1.48. The van der Waals surface area contributed by atoms with Gasteiger partial charge in [0.1, 0.15) is 5.60 Å². The van der Waals surface area contributed by atoms with Gasteiger partial charge in [-0.3, -0.25) is 0 Å². The van der Waals surface area contributed by atoms with E-state index in [0.717, 1.165) is 12.8 Å². The molecule has 3 fully saturated rings. The molecule has 0 aromatic carbocycles. The van der Waals surface area contributed by atoms with Crippen LogP contribution < -0.4 is 5.32 Å². The monoisotopic (exact) mass is 323 g/mol. The first-order valence-electron chi connectivity index (χ1n) is 8.75. The van der Waals surface area contributed by atoms with Crippen molar-refractivity contribution in [3.05, 3.63) is 0 Å². The molecular weight excluding hydrogens is 293 g/mol. The van der Waals surface area contributed by atoms with Gasteiger partial charge in [-0.2, -0.15) is 0 Å². The summed E-state index contributed by atoms with van der Waals surface area (Å²) in [4.78, 5) is 11.9. The van der Waals surface area contributed by atoms with E-state index in [-0.39, 0.29) is 30.5 Å². The number of fused-ring (bicyclic) bond motifs is 1. The summed E-state index contributed by atoms with van der Waals surface area (Å²) in [5.41, 5.74) is -0.970. The Morgan fingerprint density at radius 1 is 1.09 bits per heavy atom. The molecule has 130 valence electrons. The third kappa shape index (κ3) is 3.25. The quantitative estimate of drug-likeness (QED) is 0.792. The number of rotatable bonds is 2. The highest BCUT2D eigenvalue weighted by Crippen LogP contribution is 2.65. The number of hydrogen-bond donors (Lipinski definition) is 1. The largest absolute Gasteiger partial charge is 0.461 e. The van der Waals surface area contributed by atoms with Gasteiger partial charge in [0.05, 0.1) is 11.2 Å². The zero-order valence-electron chi connectivity index (χ0n) is 15.4. The summed E-state index contributed by atoms with van der Waals surface area (Å²) in [5, 5.41) is 3.00. The summed E-state index contributed by atoms with van der Waals surface area (Å²) in [6, 6.07) is 0.221. The Bertz CT molecular complexity index is 471. The van der Waals surface area contributed by atoms with Crippen LogP contribution in [-0.2, 0) is 14.0 Å². The maximum absolute atomic E-state index is 11.9. The summed E-state index contributed by atoms with van der Waals surface area (Å²) in [5.74, 6) is 1.68. The topological polar surface area (TPSA) is 56.8 Å². The standard InChI is InChI=1S/C17H30BNO4/c1-15(2,3)21-14(20)19-10-8-11-12(9-10)13(11)18-22-16(4,5)17(6,7)23-18/h10-13H,8-9H2,1-7H3,(H,19,20). The van der Waals surface area contributed by atoms with Crippen LogP contribution in [0, 0.1) is 11.8 Å². The van der Waals surface area contributed by atoms with Crippen LogP contribution in [-0.4, -0.2) is 36.1 Å². The molecule has 3 aliphatic rings. The normalized spacial score (nSPS) is 37.4. The molecule has 0 bridgehead atoms. The summed E-state index contributed by atoms with van der Waals surface area (Å²) in [6.45, 7) is 14.0. The second kappa shape index (κ2) is 5.12. The van der Waals surface area contributed by atoms with Crippen LogP contribution in [0.5, 0.6) is 0 Å². The maximum atomic E-state index is 11.9. The fourth-order valence-corrected chi connectivity index (χ4v) is 3.93. The average Bonchev–Trinajstić information content (AvgIpc) is 2.71. The lowest BCUT2D eigenvalue weighted by atomic mass is 9.77. The van der Waals surface area contributed by atoms with Crippen molar-refractivity contribution in [3.8, 4) is 0 Å². The van der Waals surface area contributed by atoms with Gasteiger partial charge in [0, 0.05) is 11.9 Å². The molecule has 2 aliphatic carbocycles. The van der Waals surface area contributed by atoms with Crippen LogP contribution in [0.25, 0.3) is 0 Å². The number of ether oxygens (including phenoxy) is 1. The number of carbonyl (C=O) groups excluding carboxylic acids is 1. The van der Waals surface area contributed by atoms with Gasteiger partial charge in [0.2, 0.25) is 0 Å². The summed E-state index contributed by atoms with van der Waals surface area (Å²) in [7, 11) is -0.0996. The van der Waals surface area contributed by atoms with Gasteiger partial charge in [0.15, 0.2) is 0 Å². The minimum Gasteiger partial charge on any atom is -0.444 e. The van der Waals surface area contributed by atoms with E-state index in [1.165, 1.54) is 0 Å². The van der Waals surface area contributed by atoms with Gasteiger partial charge in [-0.15, -0.1) is 0 Å². The van der Waals surface area contributed by atoms with Crippen molar-refractivity contribution in [2.24, 2.45) is 11.8 Å². The zero-order chi connectivity index (χ0) is 17.2. The highest BCUT2D eigenvalue weighted by atomic mass is 16.7. The second-order valence-corrected chi connectivity index (χ2v) is 9.34. The molecule has 23 heavy (non-hydrogen) atoms. The molecule has 2 atom stereocenters. The summed E-state index contributed by atoms with van der Waals surface area (Å²) < 4.78 is 17.7. The van der Waals surface area contributed by atoms with Gasteiger partial charge >= 0.3 is 13.2 Å². The van der Waals surface area contributed by atoms with Crippen molar-refractivity contribution in [2.75, 3.05) is 0 Å². The number of carbonyl (C=O) groups is 1. The van der Waals surface area contributed by atoms with E-state index >= 15 is 0 Å². The van der Waals surface area contributed by atoms with Crippen molar-refractivity contribution in [1.82, 2.24) is 5.32 Å². The average molecular weight is 323 g/mol. The minimum absolute atomic E-state index is 0.0996. The lowest BCUT2D eigenvalue weighted by molar-refractivity contribution is 0.00578. The van der Waals surface area contributed by atoms with E-state index in [1.807, 2.05) is 20.8 Å². The number of alkyl carbamates (subject to hydrolysis) is 1. The van der Waals surface area contributed by atoms with Crippen molar-refractivity contribution >= 4 is 13.2 Å². The Morgan fingerprint density at radius 2 is 1.57 bits per heavy atom. The Hall–Kier alpha value is -0.745. The molecule has 2 unspecified atom stereocenters. The third-order valence-corrected chi connectivity index (χ3v) is 5.82. The van der Waals surface area contributed by atoms with Gasteiger partial charge in [-0.25, -0.2) is 4.79 Å². The molecule has 0 aromatic rings. The van der Waals surface area contributed by atoms with Crippen molar-refractivity contribution in [3.63, 3.8) is 0 Å². The van der Waals surface area contributed by atoms with Crippen LogP contribution >= 0.6 is 0 Å². The SMILES string of the molecule is CC(C)(C)OC(=O)NC1CC2C(C1)C2B1OC(C)(C)C(C)(C)O1. The number of hydrogen-bond acceptors (Lipinski definition) is 4. The molecule has 0 radical (unpaired) electrons. The fraction of sp³-hybridized carbons (Fsp3) is 0.941. The van der Waals surface area contributed by atoms with E-state index in [9.17, 15) is 4.79 Å². The first kappa shape index (κ1) is 17.1. The molecule has 1 amide bonds. The molecule has 3 rings (SSSR count). The smallest absolute Gasteiger partial charge is 0.444 e. The molecule has 5 nitrogen and oxygen atoms in total. The van der Waals surface area contributed by atoms with Crippen LogP contribution in [0.2, 0.25) is 5.82 Å². The van der Waals surface area contributed by atoms with E-state index < -0.39 is 5.60 Å². The third-order valence-electron chi connectivity index (χ3n) is 5.82. The van der Waals surface area contributed by atoms with E-state index in [1.54, 1.807) is 0 Å². The van der Waals surface area contributed by atoms with Crippen LogP contribution in [0.15, 0.2) is 0 Å². The molecule has 0 aromatic heterocycles. The predicted molar refractivity (Wildman–Crippen MR) is 89.2 cm³/mol. The molecule has 1 saturated heterocycles. The van der Waals surface area contributed by atoms with Crippen LogP contribution in [0.4, 0.5) is 4.79 Å². The molecular formula is C17H30BNO4. The molecule has 1 aliphatic heterocycles. The highest BCUT2D eigenvalue weighted by Gasteiger charge is 2.67. The molecule has 6 heteroatoms. The van der Waals surface area contributed by atoms with Gasteiger partial charge < -0.3 is 19.4 Å². The Kier molecular flexibility index (Phi) is 3.81. The van der Waals surface area contributed by atoms with E-state index in [2.05, 4.69) is 33.0 Å². The second-order valence-electron chi connectivity index (χ2n) is 9.34. The molecule has 1 N–H and O–H groups in total.